The van der Waals surface area contributed by atoms with Crippen molar-refractivity contribution in [3.63, 3.8) is 0 Å². The normalized spacial score (nSPS) is 13.3. The molecule has 0 atom stereocenters. The van der Waals surface area contributed by atoms with Crippen molar-refractivity contribution in [2.75, 3.05) is 0 Å². The highest BCUT2D eigenvalue weighted by Crippen LogP contribution is 2.32. The lowest BCUT2D eigenvalue weighted by molar-refractivity contribution is 1.19. The van der Waals surface area contributed by atoms with E-state index in [0.717, 1.165) is 0 Å². The van der Waals surface area contributed by atoms with Gasteiger partial charge < -0.3 is 4.57 Å². The molecule has 150 valence electrons. The van der Waals surface area contributed by atoms with Crippen LogP contribution in [0.15, 0.2) is 115 Å². The Labute approximate surface area is 193 Å². The van der Waals surface area contributed by atoms with E-state index in [2.05, 4.69) is 120 Å². The Kier molecular flexibility index (Phi) is 3.35. The van der Waals surface area contributed by atoms with Crippen molar-refractivity contribution >= 4 is 68.0 Å². The Morgan fingerprint density at radius 3 is 1.97 bits per heavy atom. The van der Waals surface area contributed by atoms with E-state index in [-0.39, 0.29) is 13.4 Å². The van der Waals surface area contributed by atoms with Gasteiger partial charge in [0.25, 0.3) is 0 Å². The molecule has 0 fully saturated rings. The number of hydrogen-bond donors (Lipinski definition) is 0. The number of rotatable bonds is 1. The highest BCUT2D eigenvalue weighted by atomic mass is 15.0. The molecular weight excluding hydrogens is 396 g/mol. The van der Waals surface area contributed by atoms with Gasteiger partial charge in [-0.2, -0.15) is 0 Å². The number of fused-ring (bicyclic) bond motifs is 7. The van der Waals surface area contributed by atoms with E-state index in [1.54, 1.807) is 0 Å². The molecule has 6 aromatic rings. The monoisotopic (exact) mass is 415 g/mol. The van der Waals surface area contributed by atoms with Crippen LogP contribution in [-0.2, 0) is 0 Å². The van der Waals surface area contributed by atoms with E-state index < -0.39 is 0 Å². The first-order valence-electron chi connectivity index (χ1n) is 11.7. The van der Waals surface area contributed by atoms with Crippen LogP contribution in [0.2, 0.25) is 0 Å². The molecule has 0 saturated heterocycles. The fraction of sp³-hybridized carbons (Fsp3) is 0. The minimum atomic E-state index is 0.246. The molecule has 0 aliphatic carbocycles. The lowest BCUT2D eigenvalue weighted by Crippen LogP contribution is -2.76. The number of hydrogen-bond acceptors (Lipinski definition) is 0. The molecule has 2 aliphatic rings. The number of benzene rings is 5. The van der Waals surface area contributed by atoms with Gasteiger partial charge in [0.15, 0.2) is 0 Å². The van der Waals surface area contributed by atoms with Gasteiger partial charge in [-0.05, 0) is 23.1 Å². The van der Waals surface area contributed by atoms with Crippen LogP contribution in [0.1, 0.15) is 0 Å². The highest BCUT2D eigenvalue weighted by molar-refractivity contribution is 7.12. The summed E-state index contributed by atoms with van der Waals surface area (Å²) in [6.07, 6.45) is 0. The molecule has 0 N–H and O–H groups in total. The quantitative estimate of drug-likeness (QED) is 0.363. The van der Waals surface area contributed by atoms with Crippen LogP contribution in [0.3, 0.4) is 0 Å². The minimum absolute atomic E-state index is 0.246. The summed E-state index contributed by atoms with van der Waals surface area (Å²) in [7, 11) is 0. The number of para-hydroxylation sites is 2. The summed E-state index contributed by atoms with van der Waals surface area (Å²) in [5.74, 6) is 0. The standard InChI is InChI=1S/C30H19B2N/c1-2-10-20(11-3-1)31-23-14-5-6-15-24(23)32-26-17-8-13-22-21-12-4-7-18-27(21)33(30(22)26)28-19-9-16-25(31)29(28)32/h1-19H. The topological polar surface area (TPSA) is 4.93 Å². The van der Waals surface area contributed by atoms with Gasteiger partial charge in [0, 0.05) is 22.0 Å². The molecule has 0 saturated carbocycles. The van der Waals surface area contributed by atoms with Crippen LogP contribution in [0.5, 0.6) is 0 Å². The zero-order valence-electron chi connectivity index (χ0n) is 18.1. The fourth-order valence-corrected chi connectivity index (χ4v) is 6.55. The average Bonchev–Trinajstić information content (AvgIpc) is 3.22. The molecule has 0 spiro atoms. The molecule has 0 unspecified atom stereocenters. The van der Waals surface area contributed by atoms with Crippen molar-refractivity contribution < 1.29 is 0 Å². The van der Waals surface area contributed by atoms with Crippen LogP contribution in [-0.4, -0.2) is 18.0 Å². The van der Waals surface area contributed by atoms with Crippen LogP contribution >= 0.6 is 0 Å². The Morgan fingerprint density at radius 2 is 1.09 bits per heavy atom. The lowest BCUT2D eigenvalue weighted by atomic mass is 9.20. The van der Waals surface area contributed by atoms with Crippen molar-refractivity contribution in [2.45, 2.75) is 0 Å². The third kappa shape index (κ3) is 2.15. The van der Waals surface area contributed by atoms with Crippen molar-refractivity contribution in [2.24, 2.45) is 0 Å². The van der Waals surface area contributed by atoms with Gasteiger partial charge in [-0.3, -0.25) is 0 Å². The first-order chi connectivity index (χ1) is 16.4. The average molecular weight is 415 g/mol. The van der Waals surface area contributed by atoms with Crippen LogP contribution < -0.4 is 32.8 Å². The van der Waals surface area contributed by atoms with Gasteiger partial charge in [-0.1, -0.05) is 125 Å². The molecule has 1 nitrogen and oxygen atoms in total. The van der Waals surface area contributed by atoms with Crippen molar-refractivity contribution in [3.8, 4) is 5.69 Å². The van der Waals surface area contributed by atoms with Crippen LogP contribution in [0.25, 0.3) is 27.5 Å². The van der Waals surface area contributed by atoms with Gasteiger partial charge in [-0.15, -0.1) is 0 Å². The Balaban J connectivity index is 1.58. The van der Waals surface area contributed by atoms with Crippen LogP contribution in [0, 0.1) is 0 Å². The van der Waals surface area contributed by atoms with Gasteiger partial charge in [0.05, 0.1) is 5.52 Å². The van der Waals surface area contributed by atoms with E-state index in [1.165, 1.54) is 60.3 Å². The molecule has 0 amide bonds. The minimum Gasteiger partial charge on any atom is -0.310 e. The number of aromatic nitrogens is 1. The number of nitrogens with zero attached hydrogens (tertiary/aromatic N) is 1. The summed E-state index contributed by atoms with van der Waals surface area (Å²) in [5, 5.41) is 2.68. The Hall–Kier alpha value is -3.97. The maximum atomic E-state index is 2.52. The Morgan fingerprint density at radius 1 is 0.455 bits per heavy atom. The largest absolute Gasteiger partial charge is 0.310 e. The van der Waals surface area contributed by atoms with E-state index in [1.807, 2.05) is 0 Å². The summed E-state index contributed by atoms with van der Waals surface area (Å²) in [4.78, 5) is 0. The molecule has 0 bridgehead atoms. The maximum Gasteiger partial charge on any atom is 0.245 e. The molecule has 3 heterocycles. The molecule has 0 radical (unpaired) electrons. The second kappa shape index (κ2) is 6.30. The molecule has 1 aromatic heterocycles. The van der Waals surface area contributed by atoms with Crippen LogP contribution in [0.4, 0.5) is 0 Å². The SMILES string of the molecule is c1ccc(B2c3ccccc3B3c4c2cccc4-n2c4ccccc4c4cccc3c42)cc1. The van der Waals surface area contributed by atoms with E-state index in [4.69, 9.17) is 0 Å². The van der Waals surface area contributed by atoms with E-state index >= 15 is 0 Å². The van der Waals surface area contributed by atoms with Crippen molar-refractivity contribution in [3.05, 3.63) is 115 Å². The van der Waals surface area contributed by atoms with E-state index in [9.17, 15) is 0 Å². The van der Waals surface area contributed by atoms with Crippen molar-refractivity contribution in [1.82, 2.24) is 4.57 Å². The van der Waals surface area contributed by atoms with Gasteiger partial charge >= 0.3 is 0 Å². The summed E-state index contributed by atoms with van der Waals surface area (Å²) in [6.45, 7) is 0.504. The molecule has 2 aliphatic heterocycles. The molecule has 3 heteroatoms. The molecule has 8 rings (SSSR count). The van der Waals surface area contributed by atoms with Crippen molar-refractivity contribution in [1.29, 1.82) is 0 Å². The summed E-state index contributed by atoms with van der Waals surface area (Å²) < 4.78 is 2.52. The molecular formula is C30H19B2N. The summed E-state index contributed by atoms with van der Waals surface area (Å²) >= 11 is 0. The predicted octanol–water partition coefficient (Wildman–Crippen LogP) is 2.44. The second-order valence-corrected chi connectivity index (χ2v) is 9.28. The predicted molar refractivity (Wildman–Crippen MR) is 143 cm³/mol. The third-order valence-electron chi connectivity index (χ3n) is 7.75. The third-order valence-corrected chi connectivity index (χ3v) is 7.75. The van der Waals surface area contributed by atoms with E-state index in [0.29, 0.717) is 0 Å². The first-order valence-corrected chi connectivity index (χ1v) is 11.7. The smallest absolute Gasteiger partial charge is 0.245 e. The van der Waals surface area contributed by atoms with Gasteiger partial charge in [0.2, 0.25) is 13.4 Å². The highest BCUT2D eigenvalue weighted by Gasteiger charge is 2.43. The zero-order valence-corrected chi connectivity index (χ0v) is 18.1. The molecule has 5 aromatic carbocycles. The maximum absolute atomic E-state index is 2.52. The second-order valence-electron chi connectivity index (χ2n) is 9.28. The molecule has 33 heavy (non-hydrogen) atoms. The first kappa shape index (κ1) is 17.6. The zero-order chi connectivity index (χ0) is 21.5. The van der Waals surface area contributed by atoms with Gasteiger partial charge in [-0.25, -0.2) is 0 Å². The Bertz CT molecular complexity index is 1730. The summed E-state index contributed by atoms with van der Waals surface area (Å²) in [5.41, 5.74) is 12.5. The fourth-order valence-electron chi connectivity index (χ4n) is 6.55. The lowest BCUT2D eigenvalue weighted by Gasteiger charge is -2.36. The van der Waals surface area contributed by atoms with Gasteiger partial charge in [0.1, 0.15) is 0 Å². The summed E-state index contributed by atoms with van der Waals surface area (Å²) in [6, 6.07) is 42.8.